The number of β-amino-alcohol motifs (C(OH)–C–C–N with tert-alkyl or cyclic N) is 1. The van der Waals surface area contributed by atoms with E-state index in [0.717, 1.165) is 0 Å². The van der Waals surface area contributed by atoms with Gasteiger partial charge in [-0.15, -0.1) is 0 Å². The second-order valence-corrected chi connectivity index (χ2v) is 6.07. The number of aliphatic hydroxyl groups excluding tert-OH is 1. The van der Waals surface area contributed by atoms with Crippen LogP contribution in [0.2, 0.25) is 0 Å². The number of nitrogens with one attached hydrogen (secondary N) is 3. The van der Waals surface area contributed by atoms with E-state index in [1.807, 2.05) is 4.90 Å². The van der Waals surface area contributed by atoms with Crippen molar-refractivity contribution >= 4 is 17.8 Å². The van der Waals surface area contributed by atoms with Crippen LogP contribution < -0.4 is 16.0 Å². The molecule has 0 aliphatic carbocycles. The number of phenols is 1. The molecule has 1 unspecified atom stereocenters. The Morgan fingerprint density at radius 3 is 2.36 bits per heavy atom. The molecule has 1 aromatic carbocycles. The number of benzene rings is 1. The van der Waals surface area contributed by atoms with Crippen LogP contribution in [0.15, 0.2) is 24.3 Å². The van der Waals surface area contributed by atoms with E-state index in [1.54, 1.807) is 0 Å². The molecule has 0 bridgehead atoms. The summed E-state index contributed by atoms with van der Waals surface area (Å²) in [4.78, 5) is 39.2. The van der Waals surface area contributed by atoms with E-state index in [2.05, 4.69) is 16.0 Å². The molecule has 0 saturated carbocycles. The Morgan fingerprint density at radius 1 is 1.12 bits per heavy atom. The molecule has 4 amide bonds. The fourth-order valence-corrected chi connectivity index (χ4v) is 3.59. The predicted molar refractivity (Wildman–Crippen MR) is 86.8 cm³/mol. The van der Waals surface area contributed by atoms with E-state index in [1.165, 1.54) is 24.3 Å². The lowest BCUT2D eigenvalue weighted by molar-refractivity contribution is -0.143. The van der Waals surface area contributed by atoms with Gasteiger partial charge in [-0.1, -0.05) is 12.1 Å². The van der Waals surface area contributed by atoms with Gasteiger partial charge >= 0.3 is 6.03 Å². The van der Waals surface area contributed by atoms with Crippen molar-refractivity contribution in [1.29, 1.82) is 0 Å². The standard InChI is InChI=1S/C16H20N4O5/c21-8-7-20-6-5-17-9-12(20)16(10-1-3-11(22)4-2-10)13(23)18-15(25)19-14(16)24/h1-4,12,17,21-22H,5-9H2,(H2,18,19,23,24,25). The molecule has 25 heavy (non-hydrogen) atoms. The summed E-state index contributed by atoms with van der Waals surface area (Å²) in [6.07, 6.45) is 0. The van der Waals surface area contributed by atoms with E-state index >= 15 is 0 Å². The van der Waals surface area contributed by atoms with Crippen molar-refractivity contribution in [2.24, 2.45) is 0 Å². The van der Waals surface area contributed by atoms with Crippen molar-refractivity contribution in [1.82, 2.24) is 20.9 Å². The van der Waals surface area contributed by atoms with Crippen LogP contribution in [0, 0.1) is 0 Å². The number of hydrogen-bond acceptors (Lipinski definition) is 7. The third-order valence-electron chi connectivity index (χ3n) is 4.73. The maximum atomic E-state index is 12.9. The first-order chi connectivity index (χ1) is 12.0. The number of aromatic hydroxyl groups is 1. The number of urea groups is 1. The van der Waals surface area contributed by atoms with Crippen LogP contribution in [-0.4, -0.2) is 71.8 Å². The topological polar surface area (TPSA) is 131 Å². The largest absolute Gasteiger partial charge is 0.508 e. The van der Waals surface area contributed by atoms with E-state index < -0.39 is 29.3 Å². The number of carbonyl (C=O) groups is 3. The summed E-state index contributed by atoms with van der Waals surface area (Å²) in [6.45, 7) is 1.70. The third kappa shape index (κ3) is 2.86. The molecule has 2 fully saturated rings. The maximum Gasteiger partial charge on any atom is 0.328 e. The molecule has 2 saturated heterocycles. The summed E-state index contributed by atoms with van der Waals surface area (Å²) >= 11 is 0. The molecule has 2 aliphatic rings. The molecule has 2 aliphatic heterocycles. The first-order valence-electron chi connectivity index (χ1n) is 8.02. The molecule has 2 heterocycles. The second-order valence-electron chi connectivity index (χ2n) is 6.07. The van der Waals surface area contributed by atoms with Gasteiger partial charge in [-0.3, -0.25) is 25.1 Å². The normalized spacial score (nSPS) is 23.9. The van der Waals surface area contributed by atoms with Crippen molar-refractivity contribution in [3.63, 3.8) is 0 Å². The van der Waals surface area contributed by atoms with Gasteiger partial charge in [0.15, 0.2) is 5.41 Å². The lowest BCUT2D eigenvalue weighted by Crippen LogP contribution is -2.74. The molecular formula is C16H20N4O5. The van der Waals surface area contributed by atoms with Gasteiger partial charge in [0.05, 0.1) is 6.61 Å². The first-order valence-corrected chi connectivity index (χ1v) is 8.02. The molecule has 0 radical (unpaired) electrons. The van der Waals surface area contributed by atoms with Gasteiger partial charge in [-0.2, -0.15) is 0 Å². The Bertz CT molecular complexity index is 668. The summed E-state index contributed by atoms with van der Waals surface area (Å²) in [6, 6.07) is 4.31. The van der Waals surface area contributed by atoms with Gasteiger partial charge in [0.25, 0.3) is 0 Å². The van der Waals surface area contributed by atoms with Gasteiger partial charge in [0, 0.05) is 32.2 Å². The van der Waals surface area contributed by atoms with E-state index in [-0.39, 0.29) is 12.4 Å². The van der Waals surface area contributed by atoms with Gasteiger partial charge < -0.3 is 15.5 Å². The summed E-state index contributed by atoms with van der Waals surface area (Å²) < 4.78 is 0. The SMILES string of the molecule is O=C1NC(=O)C(c2ccc(O)cc2)(C2CNCCN2CCO)C(=O)N1. The van der Waals surface area contributed by atoms with E-state index in [9.17, 15) is 24.6 Å². The smallest absolute Gasteiger partial charge is 0.328 e. The summed E-state index contributed by atoms with van der Waals surface area (Å²) in [5.74, 6) is -1.44. The van der Waals surface area contributed by atoms with Crippen LogP contribution in [0.5, 0.6) is 5.75 Å². The van der Waals surface area contributed by atoms with Crippen LogP contribution in [0.25, 0.3) is 0 Å². The summed E-state index contributed by atoms with van der Waals surface area (Å²) in [5, 5.41) is 26.4. The molecule has 1 aromatic rings. The van der Waals surface area contributed by atoms with Crippen LogP contribution in [-0.2, 0) is 15.0 Å². The van der Waals surface area contributed by atoms with Crippen molar-refractivity contribution in [2.75, 3.05) is 32.8 Å². The van der Waals surface area contributed by atoms with Crippen molar-refractivity contribution in [3.8, 4) is 5.75 Å². The Morgan fingerprint density at radius 2 is 1.76 bits per heavy atom. The van der Waals surface area contributed by atoms with Crippen LogP contribution in [0.3, 0.4) is 0 Å². The zero-order chi connectivity index (χ0) is 18.0. The summed E-state index contributed by atoms with van der Waals surface area (Å²) in [5.41, 5.74) is -1.31. The van der Waals surface area contributed by atoms with E-state index in [0.29, 0.717) is 31.7 Å². The molecule has 9 heteroatoms. The average Bonchev–Trinajstić information content (AvgIpc) is 2.57. The zero-order valence-electron chi connectivity index (χ0n) is 13.5. The Labute approximate surface area is 144 Å². The van der Waals surface area contributed by atoms with Crippen molar-refractivity contribution in [2.45, 2.75) is 11.5 Å². The minimum absolute atomic E-state index is 0.000542. The van der Waals surface area contributed by atoms with Crippen molar-refractivity contribution < 1.29 is 24.6 Å². The molecule has 9 nitrogen and oxygen atoms in total. The number of amides is 4. The van der Waals surface area contributed by atoms with E-state index in [4.69, 9.17) is 0 Å². The highest BCUT2D eigenvalue weighted by Crippen LogP contribution is 2.35. The highest BCUT2D eigenvalue weighted by molar-refractivity contribution is 6.23. The number of hydrogen-bond donors (Lipinski definition) is 5. The first kappa shape index (κ1) is 17.3. The Kier molecular flexibility index (Phi) is 4.71. The highest BCUT2D eigenvalue weighted by atomic mass is 16.3. The van der Waals surface area contributed by atoms with Crippen LogP contribution >= 0.6 is 0 Å². The third-order valence-corrected chi connectivity index (χ3v) is 4.73. The molecule has 3 rings (SSSR count). The fraction of sp³-hybridized carbons (Fsp3) is 0.438. The number of piperazine rings is 1. The Hall–Kier alpha value is -2.49. The molecule has 0 aromatic heterocycles. The Balaban J connectivity index is 2.14. The van der Waals surface area contributed by atoms with Gasteiger partial charge in [0.1, 0.15) is 5.75 Å². The maximum absolute atomic E-state index is 12.9. The molecule has 5 N–H and O–H groups in total. The summed E-state index contributed by atoms with van der Waals surface area (Å²) in [7, 11) is 0. The quantitative estimate of drug-likeness (QED) is 0.408. The van der Waals surface area contributed by atoms with Crippen LogP contribution in [0.4, 0.5) is 4.79 Å². The number of barbiturate groups is 1. The number of aliphatic hydroxyl groups is 1. The minimum Gasteiger partial charge on any atom is -0.508 e. The highest BCUT2D eigenvalue weighted by Gasteiger charge is 2.58. The van der Waals surface area contributed by atoms with Gasteiger partial charge in [-0.25, -0.2) is 4.79 Å². The fourth-order valence-electron chi connectivity index (χ4n) is 3.59. The van der Waals surface area contributed by atoms with Gasteiger partial charge in [0.2, 0.25) is 11.8 Å². The number of rotatable bonds is 4. The number of imide groups is 2. The number of nitrogens with zero attached hydrogens (tertiary/aromatic N) is 1. The van der Waals surface area contributed by atoms with Gasteiger partial charge in [-0.05, 0) is 17.7 Å². The zero-order valence-corrected chi connectivity index (χ0v) is 13.5. The molecule has 1 atom stereocenters. The molecular weight excluding hydrogens is 328 g/mol. The monoisotopic (exact) mass is 348 g/mol. The number of carbonyl (C=O) groups excluding carboxylic acids is 3. The second kappa shape index (κ2) is 6.79. The average molecular weight is 348 g/mol. The molecule has 134 valence electrons. The lowest BCUT2D eigenvalue weighted by Gasteiger charge is -2.47. The predicted octanol–water partition coefficient (Wildman–Crippen LogP) is -1.74. The van der Waals surface area contributed by atoms with Crippen LogP contribution in [0.1, 0.15) is 5.56 Å². The lowest BCUT2D eigenvalue weighted by atomic mass is 9.70. The van der Waals surface area contributed by atoms with Crippen molar-refractivity contribution in [3.05, 3.63) is 29.8 Å². The number of phenolic OH excluding ortho intramolecular Hbond substituents is 1. The minimum atomic E-state index is -1.68. The molecule has 0 spiro atoms.